The number of halogens is 7. The molecule has 32 heavy (non-hydrogen) atoms. The number of anilines is 3. The third kappa shape index (κ3) is 5.50. The molecule has 4 N–H and O–H groups in total. The zero-order chi connectivity index (χ0) is 23.7. The van der Waals surface area contributed by atoms with Gasteiger partial charge in [0, 0.05) is 17.4 Å². The predicted octanol–water partition coefficient (Wildman–Crippen LogP) is 6.10. The molecule has 0 radical (unpaired) electrons. The van der Waals surface area contributed by atoms with Gasteiger partial charge in [0.25, 0.3) is 0 Å². The summed E-state index contributed by atoms with van der Waals surface area (Å²) in [6.45, 7) is -1.25. The van der Waals surface area contributed by atoms with Gasteiger partial charge in [-0.25, -0.2) is 9.18 Å². The van der Waals surface area contributed by atoms with E-state index in [1.54, 1.807) is 0 Å². The van der Waals surface area contributed by atoms with Crippen LogP contribution in [0.2, 0.25) is 0 Å². The third-order valence-electron chi connectivity index (χ3n) is 4.30. The van der Waals surface area contributed by atoms with Crippen LogP contribution in [0.15, 0.2) is 54.7 Å². The number of hydrogen-bond acceptors (Lipinski definition) is 2. The van der Waals surface area contributed by atoms with Crippen LogP contribution in [0.25, 0.3) is 11.3 Å². The highest BCUT2D eigenvalue weighted by Gasteiger charge is 2.31. The molecule has 2 amide bonds. The molecule has 1 heterocycles. The lowest BCUT2D eigenvalue weighted by Gasteiger charge is -2.14. The van der Waals surface area contributed by atoms with E-state index in [0.29, 0.717) is 23.8 Å². The van der Waals surface area contributed by atoms with Crippen LogP contribution in [0.5, 0.6) is 0 Å². The molecule has 0 unspecified atom stereocenters. The molecular weight excluding hydrogens is 445 g/mol. The number of benzene rings is 2. The van der Waals surface area contributed by atoms with Crippen molar-refractivity contribution in [1.82, 2.24) is 4.57 Å². The lowest BCUT2D eigenvalue weighted by Crippen LogP contribution is -2.20. The molecule has 0 saturated carbocycles. The monoisotopic (exact) mass is 460 g/mol. The van der Waals surface area contributed by atoms with Gasteiger partial charge in [-0.3, -0.25) is 0 Å². The summed E-state index contributed by atoms with van der Waals surface area (Å²) in [4.78, 5) is 12.1. The summed E-state index contributed by atoms with van der Waals surface area (Å²) in [5.74, 6) is -1.07. The highest BCUT2D eigenvalue weighted by molar-refractivity contribution is 6.00. The Hall–Kier alpha value is -3.70. The van der Waals surface area contributed by atoms with Crippen molar-refractivity contribution in [3.63, 3.8) is 0 Å². The Labute approximate surface area is 176 Å². The molecule has 12 heteroatoms. The van der Waals surface area contributed by atoms with Gasteiger partial charge in [0.15, 0.2) is 0 Å². The topological polar surface area (TPSA) is 72.1 Å². The van der Waals surface area contributed by atoms with E-state index in [1.807, 2.05) is 5.32 Å². The molecule has 0 aliphatic carbocycles. The summed E-state index contributed by atoms with van der Waals surface area (Å²) in [6, 6.07) is 7.38. The number of rotatable bonds is 4. The van der Waals surface area contributed by atoms with Gasteiger partial charge in [-0.1, -0.05) is 12.1 Å². The number of nitrogens with two attached hydrogens (primary N) is 1. The van der Waals surface area contributed by atoms with Crippen LogP contribution in [0, 0.1) is 5.82 Å². The van der Waals surface area contributed by atoms with Crippen molar-refractivity contribution in [1.29, 1.82) is 0 Å². The second-order valence-electron chi connectivity index (χ2n) is 6.71. The fourth-order valence-corrected chi connectivity index (χ4v) is 2.94. The Morgan fingerprint density at radius 1 is 0.938 bits per heavy atom. The minimum absolute atomic E-state index is 0.118. The fraction of sp³-hybridized carbons (Fsp3) is 0.150. The van der Waals surface area contributed by atoms with Crippen molar-refractivity contribution < 1.29 is 35.5 Å². The van der Waals surface area contributed by atoms with Crippen molar-refractivity contribution in [3.8, 4) is 11.3 Å². The number of aromatic nitrogens is 1. The molecule has 3 rings (SSSR count). The Morgan fingerprint density at radius 2 is 1.59 bits per heavy atom. The first-order chi connectivity index (χ1) is 14.8. The summed E-state index contributed by atoms with van der Waals surface area (Å²) in [7, 11) is 0. The highest BCUT2D eigenvalue weighted by Crippen LogP contribution is 2.33. The van der Waals surface area contributed by atoms with Gasteiger partial charge < -0.3 is 20.9 Å². The fourth-order valence-electron chi connectivity index (χ4n) is 2.94. The van der Waals surface area contributed by atoms with Crippen LogP contribution in [-0.4, -0.2) is 16.8 Å². The molecule has 0 spiro atoms. The predicted molar refractivity (Wildman–Crippen MR) is 104 cm³/mol. The number of nitrogen functional groups attached to an aromatic ring is 1. The number of nitrogens with zero attached hydrogens (tertiary/aromatic N) is 1. The zero-order valence-electron chi connectivity index (χ0n) is 16.0. The summed E-state index contributed by atoms with van der Waals surface area (Å²) < 4.78 is 91.2. The number of hydrogen-bond donors (Lipinski definition) is 3. The van der Waals surface area contributed by atoms with Crippen LogP contribution in [-0.2, 0) is 12.7 Å². The second-order valence-corrected chi connectivity index (χ2v) is 6.71. The molecule has 0 aliphatic rings. The lowest BCUT2D eigenvalue weighted by atomic mass is 10.1. The first-order valence-electron chi connectivity index (χ1n) is 8.90. The normalized spacial score (nSPS) is 12.0. The minimum atomic E-state index is -4.72. The van der Waals surface area contributed by atoms with E-state index in [2.05, 4.69) is 5.32 Å². The first-order valence-corrected chi connectivity index (χ1v) is 8.90. The Kier molecular flexibility index (Phi) is 6.06. The maximum absolute atomic E-state index is 13.8. The minimum Gasteiger partial charge on any atom is -0.397 e. The maximum Gasteiger partial charge on any atom is 0.416 e. The smallest absolute Gasteiger partial charge is 0.397 e. The Morgan fingerprint density at radius 3 is 2.19 bits per heavy atom. The summed E-state index contributed by atoms with van der Waals surface area (Å²) >= 11 is 0. The SMILES string of the molecule is Nc1ccn(CC(F)(F)F)c1-c1ccc(NC(=O)Nc2cc(C(F)(F)F)ccc2F)cc1. The van der Waals surface area contributed by atoms with E-state index in [9.17, 15) is 35.5 Å². The van der Waals surface area contributed by atoms with Crippen LogP contribution >= 0.6 is 0 Å². The van der Waals surface area contributed by atoms with E-state index in [1.165, 1.54) is 36.5 Å². The number of nitrogens with one attached hydrogen (secondary N) is 2. The van der Waals surface area contributed by atoms with Crippen LogP contribution in [0.1, 0.15) is 5.56 Å². The number of urea groups is 1. The first kappa shape index (κ1) is 23.0. The Bertz CT molecular complexity index is 1120. The quantitative estimate of drug-likeness (QED) is 0.412. The van der Waals surface area contributed by atoms with Crippen molar-refractivity contribution >= 4 is 23.1 Å². The average Bonchev–Trinajstić information content (AvgIpc) is 3.01. The van der Waals surface area contributed by atoms with E-state index < -0.39 is 42.0 Å². The van der Waals surface area contributed by atoms with Gasteiger partial charge in [-0.2, -0.15) is 26.3 Å². The van der Waals surface area contributed by atoms with Crippen molar-refractivity contribution in [3.05, 3.63) is 66.1 Å². The summed E-state index contributed by atoms with van der Waals surface area (Å²) in [5, 5.41) is 4.28. The largest absolute Gasteiger partial charge is 0.416 e. The van der Waals surface area contributed by atoms with Crippen LogP contribution in [0.3, 0.4) is 0 Å². The summed E-state index contributed by atoms with van der Waals surface area (Å²) in [5.41, 5.74) is 4.70. The van der Waals surface area contributed by atoms with Gasteiger partial charge in [0.1, 0.15) is 12.4 Å². The van der Waals surface area contributed by atoms with Crippen molar-refractivity contribution in [2.45, 2.75) is 18.9 Å². The maximum atomic E-state index is 13.8. The van der Waals surface area contributed by atoms with Gasteiger partial charge in [0.2, 0.25) is 0 Å². The van der Waals surface area contributed by atoms with E-state index >= 15 is 0 Å². The van der Waals surface area contributed by atoms with E-state index in [4.69, 9.17) is 5.73 Å². The van der Waals surface area contributed by atoms with Crippen molar-refractivity contribution in [2.24, 2.45) is 0 Å². The molecule has 0 saturated heterocycles. The highest BCUT2D eigenvalue weighted by atomic mass is 19.4. The Balaban J connectivity index is 1.74. The molecule has 0 bridgehead atoms. The standard InChI is InChI=1S/C20H15F7N4O/c21-14-6-3-12(20(25,26)27)9-16(14)30-18(32)29-13-4-1-11(2-5-13)17-15(28)7-8-31(17)10-19(22,23)24/h1-9H,10,28H2,(H2,29,30,32). The second kappa shape index (κ2) is 8.44. The van der Waals surface area contributed by atoms with Gasteiger partial charge in [-0.05, 0) is 36.4 Å². The van der Waals surface area contributed by atoms with Crippen LogP contribution in [0.4, 0.5) is 52.6 Å². The molecule has 2 aromatic carbocycles. The zero-order valence-corrected chi connectivity index (χ0v) is 16.0. The van der Waals surface area contributed by atoms with Gasteiger partial charge in [-0.15, -0.1) is 0 Å². The van der Waals surface area contributed by atoms with E-state index in [-0.39, 0.29) is 17.1 Å². The number of carbonyl (C=O) groups excluding carboxylic acids is 1. The van der Waals surface area contributed by atoms with Crippen molar-refractivity contribution in [2.75, 3.05) is 16.4 Å². The molecule has 5 nitrogen and oxygen atoms in total. The van der Waals surface area contributed by atoms with E-state index in [0.717, 1.165) is 4.57 Å². The summed E-state index contributed by atoms with van der Waals surface area (Å²) in [6.07, 6.45) is -7.98. The molecule has 0 atom stereocenters. The number of carbonyl (C=O) groups is 1. The third-order valence-corrected chi connectivity index (χ3v) is 4.30. The molecule has 170 valence electrons. The number of alkyl halides is 6. The average molecular weight is 460 g/mol. The molecule has 3 aromatic rings. The van der Waals surface area contributed by atoms with Gasteiger partial charge in [0.05, 0.1) is 22.6 Å². The molecule has 0 fully saturated rings. The van der Waals surface area contributed by atoms with Gasteiger partial charge >= 0.3 is 18.4 Å². The molecule has 1 aromatic heterocycles. The number of amides is 2. The lowest BCUT2D eigenvalue weighted by molar-refractivity contribution is -0.140. The van der Waals surface area contributed by atoms with Crippen LogP contribution < -0.4 is 16.4 Å². The molecule has 0 aliphatic heterocycles. The molecular formula is C20H15F7N4O.